The molecule has 5 heteroatoms. The maximum Gasteiger partial charge on any atom is 1.00 e. The summed E-state index contributed by atoms with van der Waals surface area (Å²) in [6, 6.07) is -0.701. The Morgan fingerprint density at radius 2 is 2.08 bits per heavy atom. The van der Waals surface area contributed by atoms with Crippen molar-refractivity contribution in [1.82, 2.24) is 5.32 Å². The van der Waals surface area contributed by atoms with Crippen LogP contribution in [0, 0.1) is 0 Å². The summed E-state index contributed by atoms with van der Waals surface area (Å²) < 4.78 is 0. The van der Waals surface area contributed by atoms with E-state index in [1.165, 1.54) is 6.92 Å². The number of hydrogen-bond donors (Lipinski definition) is 2. The number of hydrogen-bond acceptors (Lipinski definition) is 3. The number of carbonyl (C=O) groups excluding carboxylic acids is 1. The van der Waals surface area contributed by atoms with Gasteiger partial charge in [0, 0.05) is 0 Å². The van der Waals surface area contributed by atoms with E-state index >= 15 is 0 Å². The molecular formula is C8H14NNaO3. The molecule has 0 saturated carbocycles. The van der Waals surface area contributed by atoms with E-state index in [9.17, 15) is 9.59 Å². The molecule has 0 saturated heterocycles. The van der Waals surface area contributed by atoms with Gasteiger partial charge in [-0.15, -0.1) is 0 Å². The number of carboxylic acid groups (broad SMARTS) is 1. The fourth-order valence-corrected chi connectivity index (χ4v) is 0.484. The zero-order chi connectivity index (χ0) is 9.72. The van der Waals surface area contributed by atoms with Crippen molar-refractivity contribution in [2.75, 3.05) is 6.54 Å². The second-order valence-corrected chi connectivity index (χ2v) is 2.64. The van der Waals surface area contributed by atoms with Crippen molar-refractivity contribution >= 4 is 11.8 Å². The number of rotatable bonds is 5. The minimum atomic E-state index is -0.968. The van der Waals surface area contributed by atoms with Gasteiger partial charge >= 0.3 is 35.5 Å². The molecule has 0 amide bonds. The van der Waals surface area contributed by atoms with E-state index in [1.807, 2.05) is 0 Å². The van der Waals surface area contributed by atoms with Gasteiger partial charge in [-0.3, -0.25) is 14.9 Å². The molecule has 13 heavy (non-hydrogen) atoms. The summed E-state index contributed by atoms with van der Waals surface area (Å²) in [7, 11) is 0. The number of carbonyl (C=O) groups is 2. The molecule has 0 bridgehead atoms. The molecule has 1 unspecified atom stereocenters. The van der Waals surface area contributed by atoms with Crippen molar-refractivity contribution in [3.8, 4) is 0 Å². The van der Waals surface area contributed by atoms with Crippen molar-refractivity contribution in [2.24, 2.45) is 0 Å². The second-order valence-electron chi connectivity index (χ2n) is 2.64. The number of Topliss-reactive ketones (excluding diaryl/α,β-unsaturated/α-hetero) is 1. The fourth-order valence-electron chi connectivity index (χ4n) is 0.484. The van der Waals surface area contributed by atoms with Crippen LogP contribution < -0.4 is 34.9 Å². The first-order chi connectivity index (χ1) is 5.45. The van der Waals surface area contributed by atoms with Crippen molar-refractivity contribution in [1.29, 1.82) is 0 Å². The van der Waals surface area contributed by atoms with E-state index in [2.05, 4.69) is 11.9 Å². The minimum Gasteiger partial charge on any atom is -1.00 e. The molecule has 4 nitrogen and oxygen atoms in total. The molecule has 0 aromatic rings. The Labute approximate surface area is 101 Å². The largest absolute Gasteiger partial charge is 1.00 e. The van der Waals surface area contributed by atoms with Gasteiger partial charge in [-0.2, -0.15) is 0 Å². The molecular weight excluding hydrogens is 181 g/mol. The van der Waals surface area contributed by atoms with E-state index in [-0.39, 0.29) is 43.3 Å². The van der Waals surface area contributed by atoms with Crippen LogP contribution >= 0.6 is 0 Å². The summed E-state index contributed by atoms with van der Waals surface area (Å²) in [4.78, 5) is 21.2. The maximum absolute atomic E-state index is 10.9. The topological polar surface area (TPSA) is 66.4 Å². The molecule has 0 aromatic carbocycles. The van der Waals surface area contributed by atoms with Crippen LogP contribution in [0.3, 0.4) is 0 Å². The van der Waals surface area contributed by atoms with E-state index < -0.39 is 12.0 Å². The Hall–Kier alpha value is -0.160. The fraction of sp³-hybridized carbons (Fsp3) is 0.500. The molecule has 1 atom stereocenters. The van der Waals surface area contributed by atoms with Crippen LogP contribution in [-0.4, -0.2) is 29.4 Å². The van der Waals surface area contributed by atoms with Crippen LogP contribution in [0.1, 0.15) is 15.3 Å². The van der Waals surface area contributed by atoms with Gasteiger partial charge in [0.1, 0.15) is 6.04 Å². The van der Waals surface area contributed by atoms with E-state index in [0.717, 1.165) is 0 Å². The zero-order valence-electron chi connectivity index (χ0n) is 9.26. The van der Waals surface area contributed by atoms with Crippen LogP contribution in [0.4, 0.5) is 0 Å². The van der Waals surface area contributed by atoms with Crippen LogP contribution in [0.25, 0.3) is 0 Å². The van der Waals surface area contributed by atoms with Gasteiger partial charge in [0.2, 0.25) is 0 Å². The molecule has 0 spiro atoms. The van der Waals surface area contributed by atoms with E-state index in [1.54, 1.807) is 6.92 Å². The molecule has 0 aliphatic rings. The number of aliphatic carboxylic acids is 1. The van der Waals surface area contributed by atoms with Gasteiger partial charge in [-0.05, 0) is 19.4 Å². The third-order valence-corrected chi connectivity index (χ3v) is 1.42. The predicted molar refractivity (Wildman–Crippen MR) is 46.0 cm³/mol. The minimum absolute atomic E-state index is 0. The smallest absolute Gasteiger partial charge is 1.00 e. The quantitative estimate of drug-likeness (QED) is 0.370. The summed E-state index contributed by atoms with van der Waals surface area (Å²) in [5.74, 6) is -1.13. The van der Waals surface area contributed by atoms with Gasteiger partial charge in [-0.1, -0.05) is 6.58 Å². The molecule has 0 aliphatic carbocycles. The average Bonchev–Trinajstić information content (AvgIpc) is 1.98. The van der Waals surface area contributed by atoms with Gasteiger partial charge in [0.05, 0.1) is 6.54 Å². The van der Waals surface area contributed by atoms with E-state index in [0.29, 0.717) is 5.57 Å². The summed E-state index contributed by atoms with van der Waals surface area (Å²) in [6.07, 6.45) is 0. The number of nitrogens with one attached hydrogen (secondary N) is 1. The number of ketones is 1. The van der Waals surface area contributed by atoms with Gasteiger partial charge in [0.25, 0.3) is 0 Å². The third kappa shape index (κ3) is 6.95. The van der Waals surface area contributed by atoms with Crippen molar-refractivity contribution in [3.05, 3.63) is 12.2 Å². The van der Waals surface area contributed by atoms with Crippen LogP contribution in [0.5, 0.6) is 0 Å². The Morgan fingerprint density at radius 3 is 2.38 bits per heavy atom. The van der Waals surface area contributed by atoms with Crippen LogP contribution in [0.15, 0.2) is 12.2 Å². The summed E-state index contributed by atoms with van der Waals surface area (Å²) in [5.41, 5.74) is 0.431. The summed E-state index contributed by atoms with van der Waals surface area (Å²) in [5, 5.41) is 11.0. The van der Waals surface area contributed by atoms with Gasteiger partial charge in [0.15, 0.2) is 5.78 Å². The normalized spacial score (nSPS) is 11.2. The van der Waals surface area contributed by atoms with Gasteiger partial charge in [-0.25, -0.2) is 0 Å². The van der Waals surface area contributed by atoms with Crippen LogP contribution in [-0.2, 0) is 9.59 Å². The van der Waals surface area contributed by atoms with Crippen molar-refractivity contribution in [3.63, 3.8) is 0 Å². The second kappa shape index (κ2) is 7.26. The molecule has 70 valence electrons. The Bertz CT molecular complexity index is 221. The van der Waals surface area contributed by atoms with Crippen molar-refractivity contribution in [2.45, 2.75) is 19.9 Å². The first kappa shape index (κ1) is 15.3. The Kier molecular flexibility index (Phi) is 8.56. The molecule has 0 heterocycles. The average molecular weight is 195 g/mol. The SMILES string of the molecule is C=C(C)C(=O)CNC(C)C(=O)O.[H-].[Na+]. The third-order valence-electron chi connectivity index (χ3n) is 1.42. The summed E-state index contributed by atoms with van der Waals surface area (Å²) >= 11 is 0. The number of carboxylic acids is 1. The van der Waals surface area contributed by atoms with Gasteiger partial charge < -0.3 is 6.53 Å². The molecule has 2 N–H and O–H groups in total. The molecule has 0 aliphatic heterocycles. The molecule has 0 fully saturated rings. The molecule has 0 radical (unpaired) electrons. The summed E-state index contributed by atoms with van der Waals surface area (Å²) in [6.45, 7) is 6.54. The van der Waals surface area contributed by atoms with E-state index in [4.69, 9.17) is 5.11 Å². The maximum atomic E-state index is 10.9. The standard InChI is InChI=1S/C8H13NO3.Na.H/c1-5(2)7(10)4-9-6(3)8(11)12;;/h6,9H,1,4H2,2-3H3,(H,11,12);;/q;+1;-1. The molecule has 0 rings (SSSR count). The Morgan fingerprint density at radius 1 is 1.62 bits per heavy atom. The van der Waals surface area contributed by atoms with Crippen LogP contribution in [0.2, 0.25) is 0 Å². The van der Waals surface area contributed by atoms with Crippen molar-refractivity contribution < 1.29 is 45.7 Å². The molecule has 0 aromatic heterocycles. The predicted octanol–water partition coefficient (Wildman–Crippen LogP) is -2.69. The zero-order valence-corrected chi connectivity index (χ0v) is 10.3. The first-order valence-electron chi connectivity index (χ1n) is 3.60. The first-order valence-corrected chi connectivity index (χ1v) is 3.60. The monoisotopic (exact) mass is 195 g/mol. The Balaban J connectivity index is -0.000000605.